The molecule has 1 aromatic heterocycles. The Hall–Kier alpha value is -1.94. The van der Waals surface area contributed by atoms with Crippen molar-refractivity contribution in [2.24, 2.45) is 0 Å². The van der Waals surface area contributed by atoms with E-state index in [-0.39, 0.29) is 0 Å². The fourth-order valence-corrected chi connectivity index (χ4v) is 2.36. The number of hydrogen-bond donors (Lipinski definition) is 2. The minimum absolute atomic E-state index is 0.496. The van der Waals surface area contributed by atoms with Crippen LogP contribution in [-0.4, -0.2) is 4.98 Å². The van der Waals surface area contributed by atoms with Gasteiger partial charge < -0.3 is 15.5 Å². The molecule has 0 fully saturated rings. The Labute approximate surface area is 119 Å². The summed E-state index contributed by atoms with van der Waals surface area (Å²) in [6.45, 7) is 0.496. The average Bonchev–Trinajstić information content (AvgIpc) is 2.83. The van der Waals surface area contributed by atoms with Crippen LogP contribution >= 0.6 is 15.9 Å². The predicted molar refractivity (Wildman–Crippen MR) is 81.2 cm³/mol. The normalized spacial score (nSPS) is 10.8. The van der Waals surface area contributed by atoms with Gasteiger partial charge in [0.1, 0.15) is 12.4 Å². The number of hydrogen-bond acceptors (Lipinski definition) is 2. The molecule has 0 bridgehead atoms. The molecule has 0 amide bonds. The van der Waals surface area contributed by atoms with E-state index < -0.39 is 0 Å². The fourth-order valence-electron chi connectivity index (χ4n) is 2.09. The van der Waals surface area contributed by atoms with Crippen LogP contribution in [-0.2, 0) is 6.61 Å². The Morgan fingerprint density at radius 2 is 1.89 bits per heavy atom. The molecule has 3 N–H and O–H groups in total. The van der Waals surface area contributed by atoms with Gasteiger partial charge in [0.25, 0.3) is 0 Å². The van der Waals surface area contributed by atoms with Gasteiger partial charge in [0.15, 0.2) is 0 Å². The van der Waals surface area contributed by atoms with Crippen LogP contribution in [0.15, 0.2) is 53.1 Å². The van der Waals surface area contributed by atoms with Crippen LogP contribution in [0.1, 0.15) is 5.56 Å². The molecule has 4 heteroatoms. The molecular weight excluding hydrogens is 304 g/mol. The molecule has 1 heterocycles. The minimum atomic E-state index is 0.496. The van der Waals surface area contributed by atoms with E-state index in [4.69, 9.17) is 10.5 Å². The second-order valence-corrected chi connectivity index (χ2v) is 5.24. The maximum absolute atomic E-state index is 6.01. The van der Waals surface area contributed by atoms with E-state index in [1.807, 2.05) is 48.7 Å². The molecule has 3 nitrogen and oxygen atoms in total. The Balaban J connectivity index is 1.84. The number of H-pyrrole nitrogens is 1. The highest BCUT2D eigenvalue weighted by Gasteiger charge is 2.07. The van der Waals surface area contributed by atoms with Crippen LogP contribution in [0.25, 0.3) is 10.9 Å². The van der Waals surface area contributed by atoms with Crippen LogP contribution in [0.4, 0.5) is 5.69 Å². The summed E-state index contributed by atoms with van der Waals surface area (Å²) in [5.74, 6) is 0.840. The number of rotatable bonds is 3. The summed E-state index contributed by atoms with van der Waals surface area (Å²) >= 11 is 3.40. The highest BCUT2D eigenvalue weighted by Crippen LogP contribution is 2.26. The van der Waals surface area contributed by atoms with Crippen molar-refractivity contribution in [1.29, 1.82) is 0 Å². The van der Waals surface area contributed by atoms with E-state index in [0.717, 1.165) is 32.4 Å². The van der Waals surface area contributed by atoms with E-state index in [9.17, 15) is 0 Å². The molecule has 0 aliphatic rings. The lowest BCUT2D eigenvalue weighted by Gasteiger charge is -2.06. The molecule has 0 unspecified atom stereocenters. The van der Waals surface area contributed by atoms with Crippen molar-refractivity contribution >= 4 is 32.5 Å². The number of halogens is 1. The van der Waals surface area contributed by atoms with Crippen molar-refractivity contribution < 1.29 is 4.74 Å². The zero-order valence-corrected chi connectivity index (χ0v) is 11.8. The third-order valence-corrected chi connectivity index (χ3v) is 3.56. The van der Waals surface area contributed by atoms with Gasteiger partial charge >= 0.3 is 0 Å². The highest BCUT2D eigenvalue weighted by molar-refractivity contribution is 9.10. The van der Waals surface area contributed by atoms with Gasteiger partial charge in [-0.2, -0.15) is 0 Å². The molecule has 0 aliphatic carbocycles. The van der Waals surface area contributed by atoms with Gasteiger partial charge in [-0.25, -0.2) is 0 Å². The summed E-state index contributed by atoms with van der Waals surface area (Å²) in [6.07, 6.45) is 1.94. The van der Waals surface area contributed by atoms with Crippen LogP contribution in [0.2, 0.25) is 0 Å². The number of aromatic nitrogens is 1. The molecule has 96 valence electrons. The Morgan fingerprint density at radius 1 is 1.11 bits per heavy atom. The lowest BCUT2D eigenvalue weighted by Crippen LogP contribution is -1.95. The molecule has 0 aliphatic heterocycles. The number of fused-ring (bicyclic) bond motifs is 1. The maximum Gasteiger partial charge on any atom is 0.119 e. The van der Waals surface area contributed by atoms with Crippen molar-refractivity contribution in [3.8, 4) is 5.75 Å². The minimum Gasteiger partial charge on any atom is -0.489 e. The lowest BCUT2D eigenvalue weighted by molar-refractivity contribution is 0.307. The zero-order valence-electron chi connectivity index (χ0n) is 10.2. The molecule has 2 aromatic carbocycles. The summed E-state index contributed by atoms with van der Waals surface area (Å²) in [5, 5.41) is 1.04. The SMILES string of the molecule is Nc1cccc2[nH]cc(COc3ccc(Br)cc3)c12. The van der Waals surface area contributed by atoms with E-state index in [2.05, 4.69) is 20.9 Å². The second-order valence-electron chi connectivity index (χ2n) is 4.33. The number of anilines is 1. The number of nitrogen functional groups attached to an aromatic ring is 1. The lowest BCUT2D eigenvalue weighted by atomic mass is 10.1. The molecule has 3 aromatic rings. The fraction of sp³-hybridized carbons (Fsp3) is 0.0667. The number of nitrogens with one attached hydrogen (secondary N) is 1. The average molecular weight is 317 g/mol. The van der Waals surface area contributed by atoms with Crippen molar-refractivity contribution in [3.63, 3.8) is 0 Å². The standard InChI is InChI=1S/C15H13BrN2O/c16-11-4-6-12(7-5-11)19-9-10-8-18-14-3-1-2-13(17)15(10)14/h1-8,18H,9,17H2. The van der Waals surface area contributed by atoms with Gasteiger partial charge in [-0.15, -0.1) is 0 Å². The van der Waals surface area contributed by atoms with Crippen LogP contribution < -0.4 is 10.5 Å². The van der Waals surface area contributed by atoms with Gasteiger partial charge in [-0.1, -0.05) is 22.0 Å². The first-order chi connectivity index (χ1) is 9.24. The molecule has 19 heavy (non-hydrogen) atoms. The van der Waals surface area contributed by atoms with Gasteiger partial charge in [-0.3, -0.25) is 0 Å². The Kier molecular flexibility index (Phi) is 3.17. The van der Waals surface area contributed by atoms with Gasteiger partial charge in [0.05, 0.1) is 0 Å². The predicted octanol–water partition coefficient (Wildman–Crippen LogP) is 4.09. The van der Waals surface area contributed by atoms with Crippen LogP contribution in [0, 0.1) is 0 Å². The monoisotopic (exact) mass is 316 g/mol. The van der Waals surface area contributed by atoms with Crippen molar-refractivity contribution in [2.75, 3.05) is 5.73 Å². The quantitative estimate of drug-likeness (QED) is 0.715. The number of aromatic amines is 1. The molecule has 0 saturated heterocycles. The van der Waals surface area contributed by atoms with Gasteiger partial charge in [0, 0.05) is 32.8 Å². The summed E-state index contributed by atoms with van der Waals surface area (Å²) in [7, 11) is 0. The third-order valence-electron chi connectivity index (χ3n) is 3.03. The maximum atomic E-state index is 6.01. The van der Waals surface area contributed by atoms with Crippen LogP contribution in [0.5, 0.6) is 5.75 Å². The number of ether oxygens (including phenoxy) is 1. The molecule has 0 atom stereocenters. The molecule has 0 spiro atoms. The van der Waals surface area contributed by atoms with Crippen molar-refractivity contribution in [3.05, 3.63) is 58.7 Å². The first-order valence-corrected chi connectivity index (χ1v) is 6.76. The molecule has 0 saturated carbocycles. The summed E-state index contributed by atoms with van der Waals surface area (Å²) in [6, 6.07) is 13.6. The third kappa shape index (κ3) is 2.44. The van der Waals surface area contributed by atoms with Crippen molar-refractivity contribution in [2.45, 2.75) is 6.61 Å². The highest BCUT2D eigenvalue weighted by atomic mass is 79.9. The summed E-state index contributed by atoms with van der Waals surface area (Å²) < 4.78 is 6.81. The smallest absolute Gasteiger partial charge is 0.119 e. The van der Waals surface area contributed by atoms with E-state index >= 15 is 0 Å². The van der Waals surface area contributed by atoms with Crippen LogP contribution in [0.3, 0.4) is 0 Å². The van der Waals surface area contributed by atoms with Crippen molar-refractivity contribution in [1.82, 2.24) is 4.98 Å². The largest absolute Gasteiger partial charge is 0.489 e. The second kappa shape index (κ2) is 4.97. The molecular formula is C15H13BrN2O. The van der Waals surface area contributed by atoms with Gasteiger partial charge in [-0.05, 0) is 36.4 Å². The van der Waals surface area contributed by atoms with E-state index in [0.29, 0.717) is 6.61 Å². The Bertz CT molecular complexity index is 704. The summed E-state index contributed by atoms with van der Waals surface area (Å²) in [5.41, 5.74) is 8.88. The summed E-state index contributed by atoms with van der Waals surface area (Å²) in [4.78, 5) is 3.21. The topological polar surface area (TPSA) is 51.0 Å². The first-order valence-electron chi connectivity index (χ1n) is 5.97. The van der Waals surface area contributed by atoms with Gasteiger partial charge in [0.2, 0.25) is 0 Å². The number of nitrogens with two attached hydrogens (primary N) is 1. The zero-order chi connectivity index (χ0) is 13.2. The van der Waals surface area contributed by atoms with E-state index in [1.54, 1.807) is 0 Å². The molecule has 0 radical (unpaired) electrons. The first kappa shape index (κ1) is 12.1. The van der Waals surface area contributed by atoms with E-state index in [1.165, 1.54) is 0 Å². The molecule has 3 rings (SSSR count). The number of benzene rings is 2. The Morgan fingerprint density at radius 3 is 2.68 bits per heavy atom.